The molecule has 8 heteroatoms. The van der Waals surface area contributed by atoms with E-state index in [4.69, 9.17) is 30.9 Å². The van der Waals surface area contributed by atoms with Crippen LogP contribution in [0, 0.1) is 5.92 Å². The summed E-state index contributed by atoms with van der Waals surface area (Å²) in [6.07, 6.45) is 0. The van der Waals surface area contributed by atoms with E-state index in [0.717, 1.165) is 24.4 Å². The lowest BCUT2D eigenvalue weighted by Crippen LogP contribution is -2.44. The number of carboxylic acid groups (broad SMARTS) is 1. The monoisotopic (exact) mass is 368 g/mol. The van der Waals surface area contributed by atoms with Gasteiger partial charge in [0, 0.05) is 49.2 Å². The van der Waals surface area contributed by atoms with Crippen LogP contribution in [0.5, 0.6) is 11.5 Å². The van der Waals surface area contributed by atoms with Crippen LogP contribution in [0.25, 0.3) is 0 Å². The van der Waals surface area contributed by atoms with Gasteiger partial charge in [0.25, 0.3) is 0 Å². The minimum Gasteiger partial charge on any atom is -0.480 e. The zero-order valence-electron chi connectivity index (χ0n) is 13.8. The summed E-state index contributed by atoms with van der Waals surface area (Å²) < 4.78 is 16.6. The summed E-state index contributed by atoms with van der Waals surface area (Å²) in [6.45, 7) is 4.55. The fraction of sp³-hybridized carbons (Fsp3) is 0.588. The van der Waals surface area contributed by atoms with Gasteiger partial charge in [-0.15, -0.1) is 0 Å². The van der Waals surface area contributed by atoms with Gasteiger partial charge in [-0.05, 0) is 11.6 Å². The molecule has 0 unspecified atom stereocenters. The number of benzene rings is 1. The summed E-state index contributed by atoms with van der Waals surface area (Å²) in [7, 11) is 0. The highest BCUT2D eigenvalue weighted by atomic mass is 35.5. The highest BCUT2D eigenvalue weighted by Gasteiger charge is 2.34. The molecule has 2 saturated heterocycles. The molecule has 1 N–H and O–H groups in total. The molecule has 2 fully saturated rings. The van der Waals surface area contributed by atoms with Gasteiger partial charge in [0.2, 0.25) is 6.79 Å². The predicted molar refractivity (Wildman–Crippen MR) is 90.2 cm³/mol. The molecule has 0 spiro atoms. The van der Waals surface area contributed by atoms with Gasteiger partial charge >= 0.3 is 5.97 Å². The maximum Gasteiger partial charge on any atom is 0.317 e. The zero-order chi connectivity index (χ0) is 17.4. The van der Waals surface area contributed by atoms with Crippen LogP contribution in [-0.2, 0) is 16.1 Å². The van der Waals surface area contributed by atoms with Crippen molar-refractivity contribution >= 4 is 17.6 Å². The second-order valence-electron chi connectivity index (χ2n) is 6.87. The van der Waals surface area contributed by atoms with Crippen molar-refractivity contribution < 1.29 is 24.1 Å². The minimum atomic E-state index is -0.786. The van der Waals surface area contributed by atoms with Gasteiger partial charge in [0.05, 0.1) is 19.8 Å². The molecule has 1 aromatic carbocycles. The second-order valence-corrected chi connectivity index (χ2v) is 7.28. The number of nitrogens with zero attached hydrogens (tertiary/aromatic N) is 2. The van der Waals surface area contributed by atoms with E-state index < -0.39 is 5.97 Å². The third kappa shape index (κ3) is 3.69. The quantitative estimate of drug-likeness (QED) is 0.858. The van der Waals surface area contributed by atoms with Gasteiger partial charge in [0.15, 0.2) is 11.5 Å². The highest BCUT2D eigenvalue weighted by Crippen LogP contribution is 2.37. The number of aliphatic carboxylic acids is 1. The summed E-state index contributed by atoms with van der Waals surface area (Å²) in [4.78, 5) is 15.5. The van der Waals surface area contributed by atoms with Crippen LogP contribution in [0.4, 0.5) is 0 Å². The average molecular weight is 369 g/mol. The lowest BCUT2D eigenvalue weighted by Gasteiger charge is -2.30. The number of halogens is 1. The molecule has 0 aliphatic carbocycles. The number of hydrogen-bond donors (Lipinski definition) is 1. The van der Waals surface area contributed by atoms with Crippen molar-refractivity contribution in [2.75, 3.05) is 46.2 Å². The Morgan fingerprint density at radius 1 is 1.20 bits per heavy atom. The summed E-state index contributed by atoms with van der Waals surface area (Å²) in [5.41, 5.74) is 0.989. The van der Waals surface area contributed by atoms with E-state index in [1.807, 2.05) is 11.0 Å². The number of fused-ring (bicyclic) bond motifs is 4. The maximum atomic E-state index is 11.1. The molecular formula is C17H21ClN2O5. The Hall–Kier alpha value is -1.54. The van der Waals surface area contributed by atoms with Crippen LogP contribution in [0.1, 0.15) is 5.56 Å². The first-order valence-electron chi connectivity index (χ1n) is 8.42. The SMILES string of the molecule is O=C(O)CN1C[C@@H]2COC[C@H](C1)N(Cc1cc3c(cc1Cl)OCO3)C2. The average Bonchev–Trinajstić information content (AvgIpc) is 2.81. The van der Waals surface area contributed by atoms with Crippen LogP contribution in [0.3, 0.4) is 0 Å². The molecule has 4 rings (SSSR count). The molecule has 0 radical (unpaired) electrons. The van der Waals surface area contributed by atoms with Gasteiger partial charge in [-0.25, -0.2) is 0 Å². The fourth-order valence-corrected chi connectivity index (χ4v) is 4.05. The normalized spacial score (nSPS) is 26.4. The van der Waals surface area contributed by atoms with Crippen molar-refractivity contribution in [2.45, 2.75) is 12.6 Å². The van der Waals surface area contributed by atoms with E-state index in [1.54, 1.807) is 6.07 Å². The predicted octanol–water partition coefficient (Wildman–Crippen LogP) is 1.29. The Kier molecular flexibility index (Phi) is 4.73. The molecule has 136 valence electrons. The molecule has 7 nitrogen and oxygen atoms in total. The molecule has 0 amide bonds. The molecule has 2 atom stereocenters. The molecule has 0 aromatic heterocycles. The van der Waals surface area contributed by atoms with E-state index in [0.29, 0.717) is 43.0 Å². The molecule has 3 aliphatic rings. The van der Waals surface area contributed by atoms with E-state index >= 15 is 0 Å². The second kappa shape index (κ2) is 6.99. The van der Waals surface area contributed by atoms with Gasteiger partial charge < -0.3 is 19.3 Å². The Morgan fingerprint density at radius 2 is 2.00 bits per heavy atom. The van der Waals surface area contributed by atoms with Crippen molar-refractivity contribution in [1.29, 1.82) is 0 Å². The van der Waals surface area contributed by atoms with Crippen molar-refractivity contribution in [3.8, 4) is 11.5 Å². The Balaban J connectivity index is 1.53. The fourth-order valence-electron chi connectivity index (χ4n) is 3.84. The van der Waals surface area contributed by atoms with Crippen molar-refractivity contribution in [1.82, 2.24) is 9.80 Å². The van der Waals surface area contributed by atoms with E-state index in [9.17, 15) is 4.79 Å². The van der Waals surface area contributed by atoms with Gasteiger partial charge in [-0.1, -0.05) is 11.6 Å². The number of ether oxygens (including phenoxy) is 3. The first kappa shape index (κ1) is 16.9. The van der Waals surface area contributed by atoms with Crippen molar-refractivity contribution in [2.24, 2.45) is 5.92 Å². The summed E-state index contributed by atoms with van der Waals surface area (Å²) in [6, 6.07) is 3.89. The van der Waals surface area contributed by atoms with E-state index in [-0.39, 0.29) is 19.4 Å². The third-order valence-electron chi connectivity index (χ3n) is 4.93. The number of carbonyl (C=O) groups is 1. The molecule has 1 aromatic rings. The zero-order valence-corrected chi connectivity index (χ0v) is 14.6. The first-order valence-corrected chi connectivity index (χ1v) is 8.80. The molecule has 3 heterocycles. The third-order valence-corrected chi connectivity index (χ3v) is 5.28. The standard InChI is InChI=1S/C17H21ClN2O5/c18-14-2-16-15(24-10-25-16)1-12(14)5-20-4-11-3-19(7-17(21)22)6-13(20)9-23-8-11/h1-2,11,13H,3-10H2,(H,21,22)/t11-,13-/m0/s1. The van der Waals surface area contributed by atoms with Crippen LogP contribution in [-0.4, -0.2) is 73.1 Å². The summed E-state index contributed by atoms with van der Waals surface area (Å²) >= 11 is 6.43. The molecule has 3 aliphatic heterocycles. The number of rotatable bonds is 4. The van der Waals surface area contributed by atoms with Crippen LogP contribution in [0.15, 0.2) is 12.1 Å². The highest BCUT2D eigenvalue weighted by molar-refractivity contribution is 6.31. The first-order chi connectivity index (χ1) is 12.1. The number of hydrogen-bond acceptors (Lipinski definition) is 6. The summed E-state index contributed by atoms with van der Waals surface area (Å²) in [5, 5.41) is 9.78. The van der Waals surface area contributed by atoms with Crippen LogP contribution >= 0.6 is 11.6 Å². The molecular weight excluding hydrogens is 348 g/mol. The lowest BCUT2D eigenvalue weighted by molar-refractivity contribution is -0.138. The van der Waals surface area contributed by atoms with Crippen LogP contribution < -0.4 is 9.47 Å². The largest absolute Gasteiger partial charge is 0.480 e. The van der Waals surface area contributed by atoms with Crippen molar-refractivity contribution in [3.05, 3.63) is 22.7 Å². The minimum absolute atomic E-state index is 0.0750. The van der Waals surface area contributed by atoms with E-state index in [2.05, 4.69) is 4.90 Å². The Labute approximate surface area is 151 Å². The van der Waals surface area contributed by atoms with Gasteiger partial charge in [0.1, 0.15) is 0 Å². The number of carboxylic acids is 1. The molecule has 25 heavy (non-hydrogen) atoms. The van der Waals surface area contributed by atoms with E-state index in [1.165, 1.54) is 0 Å². The van der Waals surface area contributed by atoms with Gasteiger partial charge in [-0.3, -0.25) is 14.6 Å². The van der Waals surface area contributed by atoms with Crippen LogP contribution in [0.2, 0.25) is 5.02 Å². The van der Waals surface area contributed by atoms with Gasteiger partial charge in [-0.2, -0.15) is 0 Å². The Bertz CT molecular complexity index is 671. The van der Waals surface area contributed by atoms with Crippen molar-refractivity contribution in [3.63, 3.8) is 0 Å². The molecule has 0 saturated carbocycles. The molecule has 2 bridgehead atoms. The Morgan fingerprint density at radius 3 is 2.80 bits per heavy atom. The summed E-state index contributed by atoms with van der Waals surface area (Å²) in [5.74, 6) is 0.908. The maximum absolute atomic E-state index is 11.1. The smallest absolute Gasteiger partial charge is 0.317 e. The topological polar surface area (TPSA) is 71.5 Å². The lowest BCUT2D eigenvalue weighted by atomic mass is 10.1.